The lowest BCUT2D eigenvalue weighted by Gasteiger charge is -2.34. The topological polar surface area (TPSA) is 49.8 Å². The number of amides is 1. The number of hydrogen-bond acceptors (Lipinski definition) is 3. The van der Waals surface area contributed by atoms with Crippen molar-refractivity contribution in [3.05, 3.63) is 35.4 Å². The Labute approximate surface area is 139 Å². The minimum absolute atomic E-state index is 0.00692. The Morgan fingerprint density at radius 1 is 1.42 bits per heavy atom. The van der Waals surface area contributed by atoms with Crippen molar-refractivity contribution in [2.45, 2.75) is 38.7 Å². The summed E-state index contributed by atoms with van der Waals surface area (Å²) in [7, 11) is 0. The van der Waals surface area contributed by atoms with Crippen LogP contribution >= 0.6 is 0 Å². The Morgan fingerprint density at radius 2 is 2.12 bits per heavy atom. The first-order valence-electron chi connectivity index (χ1n) is 7.93. The molecule has 24 heavy (non-hydrogen) atoms. The molecule has 4 nitrogen and oxygen atoms in total. The second-order valence-corrected chi connectivity index (χ2v) is 6.34. The average Bonchev–Trinajstić information content (AvgIpc) is 2.54. The van der Waals surface area contributed by atoms with Crippen molar-refractivity contribution >= 4 is 5.91 Å². The molecule has 1 aliphatic rings. The highest BCUT2D eigenvalue weighted by Crippen LogP contribution is 2.32. The van der Waals surface area contributed by atoms with E-state index < -0.39 is 23.9 Å². The molecular formula is C17H22F3NO3. The summed E-state index contributed by atoms with van der Waals surface area (Å²) in [6, 6.07) is 4.97. The molecule has 1 N–H and O–H groups in total. The molecular weight excluding hydrogens is 323 g/mol. The third-order valence-electron chi connectivity index (χ3n) is 4.16. The summed E-state index contributed by atoms with van der Waals surface area (Å²) in [6.45, 7) is 4.46. The first kappa shape index (κ1) is 18.7. The summed E-state index contributed by atoms with van der Waals surface area (Å²) in [5.74, 6) is -0.245. The number of carbonyl (C=O) groups excluding carboxylic acids is 1. The molecule has 2 unspecified atom stereocenters. The number of halogens is 3. The van der Waals surface area contributed by atoms with Crippen molar-refractivity contribution in [2.75, 3.05) is 19.7 Å². The Balaban J connectivity index is 2.07. The molecule has 134 valence electrons. The smallest absolute Gasteiger partial charge is 0.392 e. The van der Waals surface area contributed by atoms with Crippen molar-refractivity contribution in [2.24, 2.45) is 5.92 Å². The molecule has 2 atom stereocenters. The Bertz CT molecular complexity index is 574. The van der Waals surface area contributed by atoms with Gasteiger partial charge in [-0.2, -0.15) is 13.2 Å². The van der Waals surface area contributed by atoms with Crippen molar-refractivity contribution < 1.29 is 27.8 Å². The Hall–Kier alpha value is -1.60. The Morgan fingerprint density at radius 3 is 2.75 bits per heavy atom. The Kier molecular flexibility index (Phi) is 5.87. The number of morpholine rings is 1. The fraction of sp³-hybridized carbons (Fsp3) is 0.588. The fourth-order valence-electron chi connectivity index (χ4n) is 2.54. The van der Waals surface area contributed by atoms with Crippen LogP contribution in [0.1, 0.15) is 37.5 Å². The van der Waals surface area contributed by atoms with Gasteiger partial charge < -0.3 is 14.7 Å². The summed E-state index contributed by atoms with van der Waals surface area (Å²) in [5.41, 5.74) is -0.339. The lowest BCUT2D eigenvalue weighted by Crippen LogP contribution is -2.43. The highest BCUT2D eigenvalue weighted by molar-refractivity contribution is 5.76. The largest absolute Gasteiger partial charge is 0.416 e. The minimum Gasteiger partial charge on any atom is -0.392 e. The summed E-state index contributed by atoms with van der Waals surface area (Å²) in [4.78, 5) is 13.8. The summed E-state index contributed by atoms with van der Waals surface area (Å²) in [5, 5.41) is 9.83. The maximum Gasteiger partial charge on any atom is 0.416 e. The SMILES string of the molecule is CC(C)C(O)CC(=O)N1CCOC(c2cccc(C(F)(F)F)c2)C1. The van der Waals surface area contributed by atoms with Gasteiger partial charge in [0.2, 0.25) is 5.91 Å². The van der Waals surface area contributed by atoms with Crippen molar-refractivity contribution in [3.63, 3.8) is 0 Å². The van der Waals surface area contributed by atoms with Gasteiger partial charge in [-0.05, 0) is 23.6 Å². The van der Waals surface area contributed by atoms with E-state index in [-0.39, 0.29) is 31.4 Å². The van der Waals surface area contributed by atoms with E-state index >= 15 is 0 Å². The summed E-state index contributed by atoms with van der Waals surface area (Å²) in [6.07, 6.45) is -5.73. The number of carbonyl (C=O) groups is 1. The van der Waals surface area contributed by atoms with Crippen LogP contribution in [-0.4, -0.2) is 41.7 Å². The highest BCUT2D eigenvalue weighted by atomic mass is 19.4. The average molecular weight is 345 g/mol. The van der Waals surface area contributed by atoms with E-state index in [1.54, 1.807) is 11.0 Å². The molecule has 1 heterocycles. The third kappa shape index (κ3) is 4.70. The highest BCUT2D eigenvalue weighted by Gasteiger charge is 2.32. The first-order chi connectivity index (χ1) is 11.2. The van der Waals surface area contributed by atoms with Crippen LogP contribution in [-0.2, 0) is 15.7 Å². The van der Waals surface area contributed by atoms with Gasteiger partial charge in [0, 0.05) is 6.54 Å². The number of nitrogens with zero attached hydrogens (tertiary/aromatic N) is 1. The van der Waals surface area contributed by atoms with Gasteiger partial charge in [-0.25, -0.2) is 0 Å². The van der Waals surface area contributed by atoms with Gasteiger partial charge in [0.15, 0.2) is 0 Å². The zero-order valence-corrected chi connectivity index (χ0v) is 13.7. The van der Waals surface area contributed by atoms with E-state index in [4.69, 9.17) is 4.74 Å². The van der Waals surface area contributed by atoms with Gasteiger partial charge in [0.25, 0.3) is 0 Å². The van der Waals surface area contributed by atoms with Gasteiger partial charge in [-0.3, -0.25) is 4.79 Å². The van der Waals surface area contributed by atoms with E-state index in [2.05, 4.69) is 0 Å². The number of aliphatic hydroxyl groups excluding tert-OH is 1. The molecule has 0 bridgehead atoms. The molecule has 1 amide bonds. The molecule has 2 rings (SSSR count). The van der Waals surface area contributed by atoms with Crippen LogP contribution < -0.4 is 0 Å². The van der Waals surface area contributed by atoms with Gasteiger partial charge in [-0.1, -0.05) is 26.0 Å². The van der Waals surface area contributed by atoms with Gasteiger partial charge in [-0.15, -0.1) is 0 Å². The molecule has 0 aliphatic carbocycles. The molecule has 1 saturated heterocycles. The van der Waals surface area contributed by atoms with Crippen LogP contribution in [0.25, 0.3) is 0 Å². The number of benzene rings is 1. The van der Waals surface area contributed by atoms with Crippen molar-refractivity contribution in [3.8, 4) is 0 Å². The summed E-state index contributed by atoms with van der Waals surface area (Å²) < 4.78 is 44.0. The monoisotopic (exact) mass is 345 g/mol. The standard InChI is InChI=1S/C17H22F3NO3/c1-11(2)14(22)9-16(23)21-6-7-24-15(10-21)12-4-3-5-13(8-12)17(18,19)20/h3-5,8,11,14-15,22H,6-7,9-10H2,1-2H3. The molecule has 0 radical (unpaired) electrons. The maximum absolute atomic E-state index is 12.8. The van der Waals surface area contributed by atoms with Gasteiger partial charge >= 0.3 is 6.18 Å². The van der Waals surface area contributed by atoms with E-state index in [1.165, 1.54) is 6.07 Å². The zero-order chi connectivity index (χ0) is 17.9. The molecule has 0 spiro atoms. The molecule has 1 fully saturated rings. The number of hydrogen-bond donors (Lipinski definition) is 1. The molecule has 0 aromatic heterocycles. The molecule has 1 aliphatic heterocycles. The molecule has 0 saturated carbocycles. The number of rotatable bonds is 4. The van der Waals surface area contributed by atoms with Gasteiger partial charge in [0.1, 0.15) is 6.10 Å². The van der Waals surface area contributed by atoms with E-state index in [0.717, 1.165) is 12.1 Å². The third-order valence-corrected chi connectivity index (χ3v) is 4.16. The zero-order valence-electron chi connectivity index (χ0n) is 13.7. The number of ether oxygens (including phenoxy) is 1. The molecule has 1 aromatic rings. The predicted octanol–water partition coefficient (Wildman–Crippen LogP) is 3.01. The van der Waals surface area contributed by atoms with Crippen molar-refractivity contribution in [1.29, 1.82) is 0 Å². The molecule has 7 heteroatoms. The minimum atomic E-state index is -4.42. The second kappa shape index (κ2) is 7.53. The fourth-order valence-corrected chi connectivity index (χ4v) is 2.54. The number of aliphatic hydroxyl groups is 1. The van der Waals surface area contributed by atoms with Crippen LogP contribution in [0.5, 0.6) is 0 Å². The normalized spacial score (nSPS) is 20.3. The van der Waals surface area contributed by atoms with Crippen LogP contribution in [0.15, 0.2) is 24.3 Å². The van der Waals surface area contributed by atoms with E-state index in [9.17, 15) is 23.1 Å². The van der Waals surface area contributed by atoms with E-state index in [1.807, 2.05) is 13.8 Å². The van der Waals surface area contributed by atoms with Crippen LogP contribution in [0.4, 0.5) is 13.2 Å². The van der Waals surface area contributed by atoms with Crippen LogP contribution in [0.3, 0.4) is 0 Å². The van der Waals surface area contributed by atoms with Crippen molar-refractivity contribution in [1.82, 2.24) is 4.90 Å². The van der Waals surface area contributed by atoms with E-state index in [0.29, 0.717) is 12.1 Å². The lowest BCUT2D eigenvalue weighted by molar-refractivity contribution is -0.142. The molecule has 1 aromatic carbocycles. The van der Waals surface area contributed by atoms with Crippen LogP contribution in [0.2, 0.25) is 0 Å². The van der Waals surface area contributed by atoms with Gasteiger partial charge in [0.05, 0.1) is 31.2 Å². The summed E-state index contributed by atoms with van der Waals surface area (Å²) >= 11 is 0. The predicted molar refractivity (Wildman–Crippen MR) is 82.2 cm³/mol. The first-order valence-corrected chi connectivity index (χ1v) is 7.93. The van der Waals surface area contributed by atoms with Crippen LogP contribution in [0, 0.1) is 5.92 Å². The lowest BCUT2D eigenvalue weighted by atomic mass is 10.0. The maximum atomic E-state index is 12.8. The second-order valence-electron chi connectivity index (χ2n) is 6.34. The quantitative estimate of drug-likeness (QED) is 0.913. The number of alkyl halides is 3.